The molecule has 0 aromatic rings. The number of hydrogen-bond donors (Lipinski definition) is 2. The number of aliphatic hydroxyl groups excluding tert-OH is 1. The van der Waals surface area contributed by atoms with Crippen molar-refractivity contribution in [2.45, 2.75) is 63.3 Å². The summed E-state index contributed by atoms with van der Waals surface area (Å²) in [4.78, 5) is 0. The van der Waals surface area contributed by atoms with Gasteiger partial charge in [0.05, 0.1) is 6.10 Å². The maximum absolute atomic E-state index is 10.1. The molecule has 2 aliphatic rings. The zero-order valence-corrected chi connectivity index (χ0v) is 10.3. The maximum Gasteiger partial charge on any atom is 0.119 e. The second-order valence-electron chi connectivity index (χ2n) is 5.15. The van der Waals surface area contributed by atoms with E-state index in [9.17, 15) is 5.11 Å². The lowest BCUT2D eigenvalue weighted by Gasteiger charge is -2.24. The van der Waals surface area contributed by atoms with Crippen LogP contribution in [0.2, 0.25) is 0 Å². The number of nitrogens with one attached hydrogen (secondary N) is 1. The van der Waals surface area contributed by atoms with Crippen LogP contribution in [0, 0.1) is 0 Å². The lowest BCUT2D eigenvalue weighted by molar-refractivity contribution is 0.0258. The monoisotopic (exact) mass is 225 g/mol. The molecule has 2 aliphatic carbocycles. The van der Waals surface area contributed by atoms with Crippen LogP contribution in [0.15, 0.2) is 11.6 Å². The highest BCUT2D eigenvalue weighted by Gasteiger charge is 2.44. The molecular formula is C13H23NO2. The molecule has 2 saturated carbocycles. The topological polar surface area (TPSA) is 41.5 Å². The van der Waals surface area contributed by atoms with Crippen molar-refractivity contribution in [2.75, 3.05) is 7.11 Å². The summed E-state index contributed by atoms with van der Waals surface area (Å²) in [5.74, 6) is 0. The molecule has 0 aromatic carbocycles. The van der Waals surface area contributed by atoms with Gasteiger partial charge in [-0.05, 0) is 45.4 Å². The van der Waals surface area contributed by atoms with E-state index >= 15 is 0 Å². The molecule has 2 unspecified atom stereocenters. The van der Waals surface area contributed by atoms with Crippen LogP contribution in [-0.2, 0) is 4.74 Å². The minimum Gasteiger partial charge on any atom is -0.387 e. The second-order valence-corrected chi connectivity index (χ2v) is 5.15. The van der Waals surface area contributed by atoms with Crippen LogP contribution in [0.4, 0.5) is 0 Å². The Balaban J connectivity index is 1.84. The third-order valence-electron chi connectivity index (χ3n) is 3.75. The molecule has 3 nitrogen and oxygen atoms in total. The molecule has 16 heavy (non-hydrogen) atoms. The van der Waals surface area contributed by atoms with Gasteiger partial charge in [0.15, 0.2) is 0 Å². The average Bonchev–Trinajstić information content (AvgIpc) is 2.85. The van der Waals surface area contributed by atoms with Gasteiger partial charge in [0.1, 0.15) is 5.72 Å². The number of methoxy groups -OCH3 is 1. The summed E-state index contributed by atoms with van der Waals surface area (Å²) >= 11 is 0. The predicted molar refractivity (Wildman–Crippen MR) is 64.1 cm³/mol. The van der Waals surface area contributed by atoms with Gasteiger partial charge in [0.25, 0.3) is 0 Å². The van der Waals surface area contributed by atoms with E-state index in [0.717, 1.165) is 12.8 Å². The van der Waals surface area contributed by atoms with Gasteiger partial charge in [-0.15, -0.1) is 0 Å². The largest absolute Gasteiger partial charge is 0.387 e. The Hall–Kier alpha value is -0.380. The molecule has 2 N–H and O–H groups in total. The third-order valence-corrected chi connectivity index (χ3v) is 3.75. The molecular weight excluding hydrogens is 202 g/mol. The van der Waals surface area contributed by atoms with Crippen LogP contribution in [0.3, 0.4) is 0 Å². The highest BCUT2D eigenvalue weighted by atomic mass is 16.5. The van der Waals surface area contributed by atoms with Crippen molar-refractivity contribution in [1.82, 2.24) is 5.32 Å². The zero-order chi connectivity index (χ0) is 11.6. The molecule has 0 saturated heterocycles. The number of rotatable bonds is 5. The van der Waals surface area contributed by atoms with Crippen LogP contribution in [0.5, 0.6) is 0 Å². The summed E-state index contributed by atoms with van der Waals surface area (Å²) < 4.78 is 5.40. The lowest BCUT2D eigenvalue weighted by atomic mass is 10.1. The fourth-order valence-corrected chi connectivity index (χ4v) is 2.40. The molecule has 0 heterocycles. The molecule has 0 radical (unpaired) electrons. The van der Waals surface area contributed by atoms with Gasteiger partial charge in [0, 0.05) is 13.2 Å². The molecule has 2 rings (SSSR count). The first kappa shape index (κ1) is 12.1. The summed E-state index contributed by atoms with van der Waals surface area (Å²) in [6.45, 7) is 2.02. The van der Waals surface area contributed by atoms with Crippen molar-refractivity contribution in [3.8, 4) is 0 Å². The van der Waals surface area contributed by atoms with Gasteiger partial charge in [-0.1, -0.05) is 11.6 Å². The van der Waals surface area contributed by atoms with E-state index in [4.69, 9.17) is 4.74 Å². The first-order chi connectivity index (χ1) is 7.65. The minimum absolute atomic E-state index is 0.0653. The number of aliphatic hydroxyl groups is 1. The van der Waals surface area contributed by atoms with Crippen molar-refractivity contribution >= 4 is 0 Å². The Labute approximate surface area is 97.9 Å². The van der Waals surface area contributed by atoms with Gasteiger partial charge < -0.3 is 9.84 Å². The summed E-state index contributed by atoms with van der Waals surface area (Å²) in [5.41, 5.74) is 1.28. The van der Waals surface area contributed by atoms with E-state index < -0.39 is 0 Å². The van der Waals surface area contributed by atoms with Crippen LogP contribution in [-0.4, -0.2) is 30.1 Å². The van der Waals surface area contributed by atoms with E-state index in [1.165, 1.54) is 31.3 Å². The van der Waals surface area contributed by atoms with Crippen LogP contribution < -0.4 is 5.32 Å². The maximum atomic E-state index is 10.1. The van der Waals surface area contributed by atoms with E-state index in [1.54, 1.807) is 7.11 Å². The van der Waals surface area contributed by atoms with Crippen molar-refractivity contribution in [3.05, 3.63) is 11.6 Å². The highest BCUT2D eigenvalue weighted by molar-refractivity contribution is 5.11. The predicted octanol–water partition coefficient (Wildman–Crippen LogP) is 1.96. The summed E-state index contributed by atoms with van der Waals surface area (Å²) in [5, 5.41) is 13.4. The third kappa shape index (κ3) is 2.84. The fourth-order valence-electron chi connectivity index (χ4n) is 2.40. The van der Waals surface area contributed by atoms with Gasteiger partial charge in [-0.2, -0.15) is 0 Å². The SMILES string of the molecule is COC1(NC(C)C(O)C=C2CCCC2)CC1. The molecule has 0 spiro atoms. The standard InChI is InChI=1S/C13H23NO2/c1-10(14-13(16-2)7-8-13)12(15)9-11-5-3-4-6-11/h9-10,12,14-15H,3-8H2,1-2H3. The molecule has 3 heteroatoms. The Morgan fingerprint density at radius 3 is 2.50 bits per heavy atom. The molecule has 2 atom stereocenters. The lowest BCUT2D eigenvalue weighted by Crippen LogP contribution is -2.45. The van der Waals surface area contributed by atoms with Crippen LogP contribution in [0.25, 0.3) is 0 Å². The first-order valence-electron chi connectivity index (χ1n) is 6.36. The first-order valence-corrected chi connectivity index (χ1v) is 6.36. The van der Waals surface area contributed by atoms with E-state index in [-0.39, 0.29) is 17.9 Å². The van der Waals surface area contributed by atoms with Gasteiger partial charge >= 0.3 is 0 Å². The zero-order valence-electron chi connectivity index (χ0n) is 10.3. The van der Waals surface area contributed by atoms with Gasteiger partial charge in [-0.3, -0.25) is 5.32 Å². The normalized spacial score (nSPS) is 26.6. The molecule has 0 amide bonds. The van der Waals surface area contributed by atoms with Crippen molar-refractivity contribution in [2.24, 2.45) is 0 Å². The number of allylic oxidation sites excluding steroid dienone is 1. The highest BCUT2D eigenvalue weighted by Crippen LogP contribution is 2.36. The fraction of sp³-hybridized carbons (Fsp3) is 0.846. The van der Waals surface area contributed by atoms with Crippen molar-refractivity contribution in [3.63, 3.8) is 0 Å². The molecule has 0 bridgehead atoms. The Morgan fingerprint density at radius 1 is 1.38 bits per heavy atom. The van der Waals surface area contributed by atoms with Crippen LogP contribution in [0.1, 0.15) is 45.4 Å². The smallest absolute Gasteiger partial charge is 0.119 e. The summed E-state index contributed by atoms with van der Waals surface area (Å²) in [6, 6.07) is 0.0653. The number of hydrogen-bond acceptors (Lipinski definition) is 3. The Kier molecular flexibility index (Phi) is 3.67. The van der Waals surface area contributed by atoms with E-state index in [1.807, 2.05) is 13.0 Å². The quantitative estimate of drug-likeness (QED) is 0.555. The number of ether oxygens (including phenoxy) is 1. The van der Waals surface area contributed by atoms with Gasteiger partial charge in [0.2, 0.25) is 0 Å². The minimum atomic E-state index is -0.388. The second kappa shape index (κ2) is 4.86. The van der Waals surface area contributed by atoms with Crippen molar-refractivity contribution in [1.29, 1.82) is 0 Å². The summed E-state index contributed by atoms with van der Waals surface area (Å²) in [7, 11) is 1.73. The molecule has 2 fully saturated rings. The summed E-state index contributed by atoms with van der Waals surface area (Å²) in [6.07, 6.45) is 8.65. The van der Waals surface area contributed by atoms with Crippen molar-refractivity contribution < 1.29 is 9.84 Å². The Morgan fingerprint density at radius 2 is 2.00 bits per heavy atom. The average molecular weight is 225 g/mol. The Bertz CT molecular complexity index is 263. The molecule has 0 aliphatic heterocycles. The van der Waals surface area contributed by atoms with E-state index in [2.05, 4.69) is 5.32 Å². The molecule has 92 valence electrons. The van der Waals surface area contributed by atoms with Gasteiger partial charge in [-0.25, -0.2) is 0 Å². The van der Waals surface area contributed by atoms with E-state index in [0.29, 0.717) is 0 Å². The van der Waals surface area contributed by atoms with Crippen LogP contribution >= 0.6 is 0 Å². The molecule has 0 aromatic heterocycles.